The number of ether oxygens (including phenoxy) is 1. The highest BCUT2D eigenvalue weighted by atomic mass is 16.5. The average molecular weight is 443 g/mol. The van der Waals surface area contributed by atoms with E-state index >= 15 is 0 Å². The molecule has 0 fully saturated rings. The molecule has 174 valence electrons. The van der Waals surface area contributed by atoms with E-state index in [9.17, 15) is 9.59 Å². The van der Waals surface area contributed by atoms with E-state index < -0.39 is 11.5 Å². The van der Waals surface area contributed by atoms with E-state index in [-0.39, 0.29) is 11.7 Å². The molecule has 3 rings (SSSR count). The second-order valence-corrected chi connectivity index (χ2v) is 7.93. The summed E-state index contributed by atoms with van der Waals surface area (Å²) in [5.41, 5.74) is 0.335. The summed E-state index contributed by atoms with van der Waals surface area (Å²) >= 11 is 0. The van der Waals surface area contributed by atoms with Crippen LogP contribution in [0.4, 0.5) is 11.6 Å². The predicted octanol–water partition coefficient (Wildman–Crippen LogP) is 2.43. The van der Waals surface area contributed by atoms with Gasteiger partial charge in [0.25, 0.3) is 11.5 Å². The summed E-state index contributed by atoms with van der Waals surface area (Å²) in [7, 11) is 0. The van der Waals surface area contributed by atoms with Crippen LogP contribution in [0.3, 0.4) is 0 Å². The second-order valence-electron chi connectivity index (χ2n) is 7.93. The zero-order chi connectivity index (χ0) is 23.1. The quantitative estimate of drug-likeness (QED) is 0.571. The van der Waals surface area contributed by atoms with Crippen LogP contribution < -0.4 is 20.5 Å². The van der Waals surface area contributed by atoms with Crippen molar-refractivity contribution in [1.82, 2.24) is 25.0 Å². The molecule has 0 unspecified atom stereocenters. The zero-order valence-corrected chi connectivity index (χ0v) is 19.5. The van der Waals surface area contributed by atoms with E-state index in [4.69, 9.17) is 4.74 Å². The lowest BCUT2D eigenvalue weighted by Crippen LogP contribution is -2.39. The molecule has 9 nitrogen and oxygen atoms in total. The molecule has 9 heteroatoms. The third-order valence-corrected chi connectivity index (χ3v) is 5.78. The molecule has 0 saturated heterocycles. The average Bonchev–Trinajstić information content (AvgIpc) is 3.23. The molecule has 1 aliphatic rings. The lowest BCUT2D eigenvalue weighted by Gasteiger charge is -2.19. The Morgan fingerprint density at radius 3 is 2.53 bits per heavy atom. The molecule has 1 aliphatic heterocycles. The van der Waals surface area contributed by atoms with Crippen molar-refractivity contribution in [2.24, 2.45) is 0 Å². The summed E-state index contributed by atoms with van der Waals surface area (Å²) in [6.45, 7) is 12.9. The molecular weight excluding hydrogens is 408 g/mol. The number of nitrogens with zero attached hydrogens (tertiary/aromatic N) is 5. The lowest BCUT2D eigenvalue weighted by atomic mass is 10.1. The summed E-state index contributed by atoms with van der Waals surface area (Å²) in [5, 5.41) is 11.1. The number of benzene rings is 1. The van der Waals surface area contributed by atoms with E-state index in [1.165, 1.54) is 4.57 Å². The summed E-state index contributed by atoms with van der Waals surface area (Å²) in [4.78, 5) is 29.9. The molecule has 32 heavy (non-hydrogen) atoms. The van der Waals surface area contributed by atoms with Crippen LogP contribution >= 0.6 is 0 Å². The maximum atomic E-state index is 12.9. The number of nitrogens with one attached hydrogen (secondary N) is 1. The smallest absolute Gasteiger partial charge is 0.286 e. The molecule has 1 atom stereocenters. The minimum atomic E-state index is -0.465. The highest BCUT2D eigenvalue weighted by Crippen LogP contribution is 2.28. The Labute approximate surface area is 189 Å². The minimum Gasteiger partial charge on any atom is -0.494 e. The molecule has 2 aromatic rings. The molecule has 0 saturated carbocycles. The van der Waals surface area contributed by atoms with Gasteiger partial charge in [-0.2, -0.15) is 0 Å². The van der Waals surface area contributed by atoms with Crippen molar-refractivity contribution in [2.45, 2.75) is 53.1 Å². The van der Waals surface area contributed by atoms with Crippen LogP contribution in [0.25, 0.3) is 0 Å². The standard InChI is InChI=1S/C23H34N6O3/c1-5-27(6-2)14-8-9-17(4)24-21(30)20-22(31)29-16-15-28(23(29)26-25-20)18-10-12-19(13-11-18)32-7-3/h10-13,17H,5-9,14-16H2,1-4H3,(H,24,30)/t17-/m1/s1. The second kappa shape index (κ2) is 11.1. The third kappa shape index (κ3) is 5.45. The van der Waals surface area contributed by atoms with Crippen LogP contribution in [-0.2, 0) is 6.54 Å². The Morgan fingerprint density at radius 1 is 1.16 bits per heavy atom. The Hall–Kier alpha value is -2.94. The van der Waals surface area contributed by atoms with Crippen molar-refractivity contribution < 1.29 is 9.53 Å². The van der Waals surface area contributed by atoms with Gasteiger partial charge < -0.3 is 19.9 Å². The van der Waals surface area contributed by atoms with Crippen molar-refractivity contribution in [3.8, 4) is 5.75 Å². The van der Waals surface area contributed by atoms with E-state index in [0.29, 0.717) is 25.6 Å². The van der Waals surface area contributed by atoms with Gasteiger partial charge in [-0.1, -0.05) is 13.8 Å². The van der Waals surface area contributed by atoms with Crippen molar-refractivity contribution >= 4 is 17.5 Å². The van der Waals surface area contributed by atoms with Crippen LogP contribution in [0.5, 0.6) is 5.75 Å². The Kier molecular flexibility index (Phi) is 8.21. The number of fused-ring (bicyclic) bond motifs is 1. The van der Waals surface area contributed by atoms with Gasteiger partial charge in [0, 0.05) is 24.8 Å². The van der Waals surface area contributed by atoms with Gasteiger partial charge in [-0.15, -0.1) is 10.2 Å². The Balaban J connectivity index is 1.65. The number of carbonyl (C=O) groups is 1. The number of rotatable bonds is 11. The van der Waals surface area contributed by atoms with Crippen molar-refractivity contribution in [3.63, 3.8) is 0 Å². The molecule has 1 N–H and O–H groups in total. The van der Waals surface area contributed by atoms with Crippen molar-refractivity contribution in [3.05, 3.63) is 40.3 Å². The number of anilines is 2. The van der Waals surface area contributed by atoms with Gasteiger partial charge in [0.15, 0.2) is 0 Å². The Morgan fingerprint density at radius 2 is 1.88 bits per heavy atom. The first-order valence-corrected chi connectivity index (χ1v) is 11.5. The van der Waals surface area contributed by atoms with Gasteiger partial charge in [0.05, 0.1) is 6.61 Å². The summed E-state index contributed by atoms with van der Waals surface area (Å²) in [6.07, 6.45) is 1.82. The fourth-order valence-electron chi connectivity index (χ4n) is 3.91. The van der Waals surface area contributed by atoms with Crippen LogP contribution in [0.2, 0.25) is 0 Å². The van der Waals surface area contributed by atoms with E-state index in [1.54, 1.807) is 0 Å². The van der Waals surface area contributed by atoms with Crippen molar-refractivity contribution in [2.75, 3.05) is 37.7 Å². The van der Waals surface area contributed by atoms with Gasteiger partial charge in [0.2, 0.25) is 11.6 Å². The third-order valence-electron chi connectivity index (χ3n) is 5.78. The molecule has 1 aromatic heterocycles. The van der Waals surface area contributed by atoms with Crippen molar-refractivity contribution in [1.29, 1.82) is 0 Å². The maximum absolute atomic E-state index is 12.9. The minimum absolute atomic E-state index is 0.0436. The fourth-order valence-corrected chi connectivity index (χ4v) is 3.91. The highest BCUT2D eigenvalue weighted by Gasteiger charge is 2.27. The molecule has 1 amide bonds. The number of hydrogen-bond acceptors (Lipinski definition) is 7. The number of hydrogen-bond donors (Lipinski definition) is 1. The van der Waals surface area contributed by atoms with Gasteiger partial charge in [-0.05, 0) is 70.6 Å². The molecule has 2 heterocycles. The molecular formula is C23H34N6O3. The fraction of sp³-hybridized carbons (Fsp3) is 0.565. The van der Waals surface area contributed by atoms with Gasteiger partial charge in [0.1, 0.15) is 5.75 Å². The molecule has 1 aromatic carbocycles. The number of aromatic nitrogens is 3. The molecule has 0 radical (unpaired) electrons. The predicted molar refractivity (Wildman–Crippen MR) is 125 cm³/mol. The highest BCUT2D eigenvalue weighted by molar-refractivity contribution is 5.92. The first-order valence-electron chi connectivity index (χ1n) is 11.5. The first-order chi connectivity index (χ1) is 15.5. The number of amides is 1. The SMILES string of the molecule is CCOc1ccc(N2CCn3c2nnc(C(=O)N[C@H](C)CCCN(CC)CC)c3=O)cc1. The largest absolute Gasteiger partial charge is 0.494 e. The monoisotopic (exact) mass is 442 g/mol. The van der Waals surface area contributed by atoms with Crippen LogP contribution in [0.15, 0.2) is 29.1 Å². The first kappa shape index (κ1) is 23.7. The van der Waals surface area contributed by atoms with Gasteiger partial charge in [-0.3, -0.25) is 14.2 Å². The topological polar surface area (TPSA) is 92.6 Å². The van der Waals surface area contributed by atoms with Crippen LogP contribution in [-0.4, -0.2) is 64.4 Å². The summed E-state index contributed by atoms with van der Waals surface area (Å²) < 4.78 is 7.00. The van der Waals surface area contributed by atoms with E-state index in [2.05, 4.69) is 34.3 Å². The van der Waals surface area contributed by atoms with Gasteiger partial charge in [-0.25, -0.2) is 0 Å². The van der Waals surface area contributed by atoms with E-state index in [1.807, 2.05) is 43.0 Å². The normalized spacial score (nSPS) is 13.8. The van der Waals surface area contributed by atoms with Gasteiger partial charge >= 0.3 is 0 Å². The molecule has 0 aliphatic carbocycles. The molecule has 0 bridgehead atoms. The maximum Gasteiger partial charge on any atom is 0.286 e. The number of carbonyl (C=O) groups excluding carboxylic acids is 1. The lowest BCUT2D eigenvalue weighted by molar-refractivity contribution is 0.0928. The Bertz CT molecular complexity index is 955. The van der Waals surface area contributed by atoms with Crippen LogP contribution in [0.1, 0.15) is 51.0 Å². The van der Waals surface area contributed by atoms with E-state index in [0.717, 1.165) is 43.9 Å². The summed E-state index contributed by atoms with van der Waals surface area (Å²) in [5.74, 6) is 0.771. The summed E-state index contributed by atoms with van der Waals surface area (Å²) in [6, 6.07) is 7.57. The molecule has 0 spiro atoms. The van der Waals surface area contributed by atoms with Crippen LogP contribution in [0, 0.1) is 0 Å². The zero-order valence-electron chi connectivity index (χ0n) is 19.5.